The molecule has 1 fully saturated rings. The van der Waals surface area contributed by atoms with Crippen molar-refractivity contribution >= 4 is 35.4 Å². The van der Waals surface area contributed by atoms with Crippen molar-refractivity contribution < 1.29 is 9.90 Å². The van der Waals surface area contributed by atoms with E-state index in [1.165, 1.54) is 5.69 Å². The number of carboxylic acid groups (broad SMARTS) is 1. The molecule has 0 radical (unpaired) electrons. The first-order valence-corrected chi connectivity index (χ1v) is 13.9. The van der Waals surface area contributed by atoms with Gasteiger partial charge in [0.25, 0.3) is 0 Å². The molecule has 0 amide bonds. The van der Waals surface area contributed by atoms with Crippen molar-refractivity contribution in [3.8, 4) is 11.3 Å². The summed E-state index contributed by atoms with van der Waals surface area (Å²) in [7, 11) is 0. The molecule has 5 rings (SSSR count). The van der Waals surface area contributed by atoms with Crippen molar-refractivity contribution in [2.24, 2.45) is 11.8 Å². The van der Waals surface area contributed by atoms with E-state index < -0.39 is 5.97 Å². The third-order valence-corrected chi connectivity index (χ3v) is 7.86. The lowest BCUT2D eigenvalue weighted by atomic mass is 9.98. The molecule has 2 unspecified atom stereocenters. The SMILES string of the molecule is CC(CCCc1nc2c(nc1-c1ccc(Cl)cc1)=CCC(CN1CCN(c3ccccc3)CC1)C=2)C(=O)O. The molecule has 6 nitrogen and oxygen atoms in total. The molecule has 2 atom stereocenters. The van der Waals surface area contributed by atoms with E-state index >= 15 is 0 Å². The highest BCUT2D eigenvalue weighted by Crippen LogP contribution is 2.23. The lowest BCUT2D eigenvalue weighted by Gasteiger charge is -2.37. The van der Waals surface area contributed by atoms with Crippen LogP contribution in [0.5, 0.6) is 0 Å². The number of carbonyl (C=O) groups is 1. The van der Waals surface area contributed by atoms with Crippen LogP contribution in [0.15, 0.2) is 54.6 Å². The number of fused-ring (bicyclic) bond motifs is 1. The Morgan fingerprint density at radius 2 is 1.76 bits per heavy atom. The van der Waals surface area contributed by atoms with E-state index in [1.807, 2.05) is 24.3 Å². The Bertz CT molecular complexity index is 1370. The fraction of sp³-hybridized carbons (Fsp3) is 0.387. The molecule has 3 aromatic rings. The molecule has 38 heavy (non-hydrogen) atoms. The van der Waals surface area contributed by atoms with Crippen LogP contribution < -0.4 is 15.6 Å². The van der Waals surface area contributed by atoms with Gasteiger partial charge in [-0.3, -0.25) is 9.69 Å². The van der Waals surface area contributed by atoms with E-state index in [2.05, 4.69) is 52.3 Å². The highest BCUT2D eigenvalue weighted by molar-refractivity contribution is 6.30. The van der Waals surface area contributed by atoms with Crippen molar-refractivity contribution in [1.82, 2.24) is 14.9 Å². The molecule has 1 aliphatic heterocycles. The van der Waals surface area contributed by atoms with Gasteiger partial charge in [0.05, 0.1) is 28.0 Å². The van der Waals surface area contributed by atoms with Crippen LogP contribution in [-0.2, 0) is 11.2 Å². The molecule has 0 saturated carbocycles. The van der Waals surface area contributed by atoms with E-state index in [1.54, 1.807) is 6.92 Å². The molecule has 2 aliphatic rings. The molecule has 1 aliphatic carbocycles. The van der Waals surface area contributed by atoms with Gasteiger partial charge in [0.2, 0.25) is 0 Å². The van der Waals surface area contributed by atoms with E-state index in [4.69, 9.17) is 21.6 Å². The van der Waals surface area contributed by atoms with E-state index in [-0.39, 0.29) is 5.92 Å². The number of piperazine rings is 1. The fourth-order valence-corrected chi connectivity index (χ4v) is 5.45. The molecule has 198 valence electrons. The average molecular weight is 531 g/mol. The number of aliphatic carboxylic acids is 1. The largest absolute Gasteiger partial charge is 0.481 e. The van der Waals surface area contributed by atoms with Crippen molar-refractivity contribution in [3.05, 3.63) is 76.0 Å². The maximum absolute atomic E-state index is 11.3. The van der Waals surface area contributed by atoms with Crippen LogP contribution in [0.2, 0.25) is 5.02 Å². The van der Waals surface area contributed by atoms with Crippen molar-refractivity contribution in [3.63, 3.8) is 0 Å². The van der Waals surface area contributed by atoms with Crippen LogP contribution in [0.4, 0.5) is 5.69 Å². The van der Waals surface area contributed by atoms with Gasteiger partial charge in [0.15, 0.2) is 0 Å². The van der Waals surface area contributed by atoms with Crippen LogP contribution in [0.1, 0.15) is 31.9 Å². The minimum atomic E-state index is -0.755. The predicted octanol–water partition coefficient (Wildman–Crippen LogP) is 4.24. The van der Waals surface area contributed by atoms with Crippen LogP contribution in [0.3, 0.4) is 0 Å². The number of carboxylic acids is 1. The molecule has 0 bridgehead atoms. The molecular formula is C31H35ClN4O2. The summed E-state index contributed by atoms with van der Waals surface area (Å²) in [5, 5.41) is 11.8. The fourth-order valence-electron chi connectivity index (χ4n) is 5.32. The normalized spacial score (nSPS) is 18.3. The van der Waals surface area contributed by atoms with Gasteiger partial charge in [-0.1, -0.05) is 61.0 Å². The molecule has 1 N–H and O–H groups in total. The summed E-state index contributed by atoms with van der Waals surface area (Å²) < 4.78 is 0. The molecule has 1 aromatic heterocycles. The van der Waals surface area contributed by atoms with Gasteiger partial charge >= 0.3 is 5.97 Å². The number of halogens is 1. The minimum absolute atomic E-state index is 0.369. The molecule has 2 heterocycles. The summed E-state index contributed by atoms with van der Waals surface area (Å²) in [6.07, 6.45) is 7.53. The second kappa shape index (κ2) is 12.1. The van der Waals surface area contributed by atoms with Crippen LogP contribution in [-0.4, -0.2) is 58.7 Å². The molecule has 2 aromatic carbocycles. The van der Waals surface area contributed by atoms with Crippen LogP contribution >= 0.6 is 11.6 Å². The van der Waals surface area contributed by atoms with Crippen LogP contribution in [0, 0.1) is 11.8 Å². The van der Waals surface area contributed by atoms with Gasteiger partial charge in [-0.2, -0.15) is 0 Å². The summed E-state index contributed by atoms with van der Waals surface area (Å²) in [6.45, 7) is 6.97. The Kier molecular flexibility index (Phi) is 8.40. The third kappa shape index (κ3) is 6.43. The Balaban J connectivity index is 1.32. The van der Waals surface area contributed by atoms with Crippen LogP contribution in [0.25, 0.3) is 23.4 Å². The van der Waals surface area contributed by atoms with E-state index in [0.717, 1.165) is 73.2 Å². The summed E-state index contributed by atoms with van der Waals surface area (Å²) in [4.78, 5) is 26.4. The predicted molar refractivity (Wildman–Crippen MR) is 154 cm³/mol. The van der Waals surface area contributed by atoms with Crippen molar-refractivity contribution in [2.45, 2.75) is 32.6 Å². The van der Waals surface area contributed by atoms with E-state index in [0.29, 0.717) is 23.8 Å². The minimum Gasteiger partial charge on any atom is -0.481 e. The zero-order chi connectivity index (χ0) is 26.5. The highest BCUT2D eigenvalue weighted by Gasteiger charge is 2.21. The number of benzene rings is 2. The Morgan fingerprint density at radius 1 is 1.03 bits per heavy atom. The second-order valence-electron chi connectivity index (χ2n) is 10.4. The molecule has 0 spiro atoms. The van der Waals surface area contributed by atoms with E-state index in [9.17, 15) is 9.90 Å². The average Bonchev–Trinajstić information content (AvgIpc) is 2.94. The smallest absolute Gasteiger partial charge is 0.306 e. The van der Waals surface area contributed by atoms with Gasteiger partial charge in [0.1, 0.15) is 0 Å². The maximum atomic E-state index is 11.3. The number of nitrogens with zero attached hydrogens (tertiary/aromatic N) is 4. The summed E-state index contributed by atoms with van der Waals surface area (Å²) in [5.74, 6) is -0.720. The third-order valence-electron chi connectivity index (χ3n) is 7.61. The standard InChI is InChI=1S/C31H35ClN4O2/c1-22(31(37)38)6-5-9-28-30(24-11-13-25(32)14-12-24)34-27-15-10-23(20-29(27)33-28)21-35-16-18-36(19-17-35)26-7-3-2-4-8-26/h2-4,7-8,11-15,20,22-23H,5-6,9-10,16-19,21H2,1H3,(H,37,38). The first kappa shape index (κ1) is 26.4. The van der Waals surface area contributed by atoms with Gasteiger partial charge in [-0.15, -0.1) is 0 Å². The lowest BCUT2D eigenvalue weighted by Crippen LogP contribution is -2.48. The number of aromatic nitrogens is 2. The second-order valence-corrected chi connectivity index (χ2v) is 10.9. The summed E-state index contributed by atoms with van der Waals surface area (Å²) >= 11 is 6.13. The number of anilines is 1. The number of aryl methyl sites for hydroxylation is 1. The first-order chi connectivity index (χ1) is 18.5. The van der Waals surface area contributed by atoms with Gasteiger partial charge in [-0.25, -0.2) is 9.97 Å². The monoisotopic (exact) mass is 530 g/mol. The Hall–Kier alpha value is -3.22. The van der Waals surface area contributed by atoms with Crippen molar-refractivity contribution in [2.75, 3.05) is 37.6 Å². The molecule has 1 saturated heterocycles. The Morgan fingerprint density at radius 3 is 2.47 bits per heavy atom. The zero-order valence-corrected chi connectivity index (χ0v) is 22.6. The topological polar surface area (TPSA) is 69.6 Å². The number of hydrogen-bond donors (Lipinski definition) is 1. The number of rotatable bonds is 9. The Labute approximate surface area is 229 Å². The zero-order valence-electron chi connectivity index (χ0n) is 21.9. The van der Waals surface area contributed by atoms with Gasteiger partial charge in [-0.05, 0) is 55.9 Å². The number of hydrogen-bond acceptors (Lipinski definition) is 5. The number of para-hydroxylation sites is 1. The summed E-state index contributed by atoms with van der Waals surface area (Å²) in [5.41, 5.74) is 4.07. The van der Waals surface area contributed by atoms with Gasteiger partial charge < -0.3 is 10.0 Å². The van der Waals surface area contributed by atoms with Crippen molar-refractivity contribution in [1.29, 1.82) is 0 Å². The van der Waals surface area contributed by atoms with Gasteiger partial charge in [0, 0.05) is 49.0 Å². The molecular weight excluding hydrogens is 496 g/mol. The maximum Gasteiger partial charge on any atom is 0.306 e. The molecule has 7 heteroatoms. The summed E-state index contributed by atoms with van der Waals surface area (Å²) in [6, 6.07) is 18.4. The highest BCUT2D eigenvalue weighted by atomic mass is 35.5. The lowest BCUT2D eigenvalue weighted by molar-refractivity contribution is -0.141. The quantitative estimate of drug-likeness (QED) is 0.446. The first-order valence-electron chi connectivity index (χ1n) is 13.6.